The lowest BCUT2D eigenvalue weighted by Gasteiger charge is -2.32. The fourth-order valence-corrected chi connectivity index (χ4v) is 4.26. The van der Waals surface area contributed by atoms with Gasteiger partial charge in [-0.25, -0.2) is 8.42 Å². The van der Waals surface area contributed by atoms with Gasteiger partial charge < -0.3 is 4.74 Å². The Bertz CT molecular complexity index is 686. The Morgan fingerprint density at radius 2 is 1.88 bits per heavy atom. The molecule has 0 aliphatic carbocycles. The van der Waals surface area contributed by atoms with E-state index in [0.717, 1.165) is 28.6 Å². The van der Waals surface area contributed by atoms with E-state index in [2.05, 4.69) is 0 Å². The van der Waals surface area contributed by atoms with Gasteiger partial charge >= 0.3 is 12.1 Å². The zero-order valence-electron chi connectivity index (χ0n) is 13.0. The van der Waals surface area contributed by atoms with Gasteiger partial charge in [0.15, 0.2) is 0 Å². The van der Waals surface area contributed by atoms with Crippen molar-refractivity contribution in [2.45, 2.75) is 43.3 Å². The second-order valence-corrected chi connectivity index (χ2v) is 7.29. The van der Waals surface area contributed by atoms with Gasteiger partial charge in [-0.2, -0.15) is 17.5 Å². The number of hydrogen-bond donors (Lipinski definition) is 0. The minimum absolute atomic E-state index is 0.128. The summed E-state index contributed by atoms with van der Waals surface area (Å²) in [6, 6.07) is 2.32. The van der Waals surface area contributed by atoms with Gasteiger partial charge in [0.25, 0.3) is 0 Å². The molecule has 1 aromatic rings. The highest BCUT2D eigenvalue weighted by molar-refractivity contribution is 7.89. The molecule has 0 aromatic heterocycles. The van der Waals surface area contributed by atoms with Crippen molar-refractivity contribution in [1.82, 2.24) is 4.31 Å². The van der Waals surface area contributed by atoms with Gasteiger partial charge in [0.05, 0.1) is 17.1 Å². The molecule has 1 atom stereocenters. The van der Waals surface area contributed by atoms with E-state index in [1.807, 2.05) is 0 Å². The smallest absolute Gasteiger partial charge is 0.416 e. The Morgan fingerprint density at radius 1 is 1.25 bits per heavy atom. The molecular formula is C15H18F3NO4S. The maximum absolute atomic E-state index is 12.7. The molecule has 0 amide bonds. The summed E-state index contributed by atoms with van der Waals surface area (Å²) in [5.74, 6) is -0.632. The topological polar surface area (TPSA) is 63.7 Å². The van der Waals surface area contributed by atoms with Crippen molar-refractivity contribution in [3.8, 4) is 0 Å². The molecule has 0 spiro atoms. The van der Waals surface area contributed by atoms with E-state index in [1.54, 1.807) is 6.92 Å². The van der Waals surface area contributed by atoms with E-state index in [1.165, 1.54) is 0 Å². The van der Waals surface area contributed by atoms with Crippen LogP contribution in [0.3, 0.4) is 0 Å². The molecule has 0 N–H and O–H groups in total. The van der Waals surface area contributed by atoms with Gasteiger partial charge in [-0.3, -0.25) is 4.79 Å². The molecule has 5 nitrogen and oxygen atoms in total. The van der Waals surface area contributed by atoms with Gasteiger partial charge in [-0.05, 0) is 50.5 Å². The Kier molecular flexibility index (Phi) is 5.54. The molecule has 0 saturated carbocycles. The van der Waals surface area contributed by atoms with Crippen molar-refractivity contribution in [2.75, 3.05) is 13.2 Å². The maximum atomic E-state index is 12.7. The van der Waals surface area contributed by atoms with Gasteiger partial charge in [-0.1, -0.05) is 0 Å². The average molecular weight is 365 g/mol. The third kappa shape index (κ3) is 3.89. The fraction of sp³-hybridized carbons (Fsp3) is 0.533. The number of alkyl halides is 3. The van der Waals surface area contributed by atoms with Crippen LogP contribution >= 0.6 is 0 Å². The molecule has 24 heavy (non-hydrogen) atoms. The summed E-state index contributed by atoms with van der Waals surface area (Å²) < 4.78 is 69.2. The van der Waals surface area contributed by atoms with Crippen LogP contribution in [0, 0.1) is 0 Å². The third-order valence-electron chi connectivity index (χ3n) is 3.80. The van der Waals surface area contributed by atoms with Crippen LogP contribution in [-0.4, -0.2) is 37.9 Å². The van der Waals surface area contributed by atoms with Crippen LogP contribution in [0.4, 0.5) is 13.2 Å². The van der Waals surface area contributed by atoms with E-state index in [9.17, 15) is 26.4 Å². The average Bonchev–Trinajstić information content (AvgIpc) is 2.54. The van der Waals surface area contributed by atoms with Gasteiger partial charge in [0.1, 0.15) is 6.04 Å². The van der Waals surface area contributed by atoms with Gasteiger partial charge in [-0.15, -0.1) is 0 Å². The Morgan fingerprint density at radius 3 is 2.42 bits per heavy atom. The highest BCUT2D eigenvalue weighted by atomic mass is 32.2. The van der Waals surface area contributed by atoms with Gasteiger partial charge in [0.2, 0.25) is 10.0 Å². The first-order chi connectivity index (χ1) is 11.2. The monoisotopic (exact) mass is 365 g/mol. The Balaban J connectivity index is 2.31. The predicted octanol–water partition coefficient (Wildman–Crippen LogP) is 2.81. The van der Waals surface area contributed by atoms with Crippen LogP contribution in [-0.2, 0) is 25.7 Å². The summed E-state index contributed by atoms with van der Waals surface area (Å²) in [6.45, 7) is 1.88. The van der Waals surface area contributed by atoms with Crippen LogP contribution < -0.4 is 0 Å². The molecule has 0 radical (unpaired) electrons. The lowest BCUT2D eigenvalue weighted by atomic mass is 10.1. The van der Waals surface area contributed by atoms with E-state index in [0.29, 0.717) is 19.3 Å². The van der Waals surface area contributed by atoms with Crippen LogP contribution in [0.5, 0.6) is 0 Å². The first-order valence-corrected chi connectivity index (χ1v) is 8.97. The zero-order valence-corrected chi connectivity index (χ0v) is 13.9. The number of benzene rings is 1. The lowest BCUT2D eigenvalue weighted by Crippen LogP contribution is -2.48. The highest BCUT2D eigenvalue weighted by Crippen LogP contribution is 2.31. The number of rotatable bonds is 4. The molecule has 1 aliphatic rings. The molecule has 1 aromatic carbocycles. The van der Waals surface area contributed by atoms with Crippen molar-refractivity contribution in [3.63, 3.8) is 0 Å². The molecular weight excluding hydrogens is 347 g/mol. The third-order valence-corrected chi connectivity index (χ3v) is 5.72. The molecule has 1 heterocycles. The van der Waals surface area contributed by atoms with Crippen molar-refractivity contribution < 1.29 is 31.1 Å². The lowest BCUT2D eigenvalue weighted by molar-refractivity contribution is -0.148. The number of hydrogen-bond acceptors (Lipinski definition) is 4. The highest BCUT2D eigenvalue weighted by Gasteiger charge is 2.39. The first-order valence-electron chi connectivity index (χ1n) is 7.53. The Labute approximate surface area is 138 Å². The molecule has 1 saturated heterocycles. The van der Waals surface area contributed by atoms with Crippen LogP contribution in [0.25, 0.3) is 0 Å². The van der Waals surface area contributed by atoms with E-state index in [-0.39, 0.29) is 18.0 Å². The van der Waals surface area contributed by atoms with Crippen LogP contribution in [0.2, 0.25) is 0 Å². The quantitative estimate of drug-likeness (QED) is 0.770. The summed E-state index contributed by atoms with van der Waals surface area (Å²) >= 11 is 0. The second kappa shape index (κ2) is 7.10. The number of carbonyl (C=O) groups is 1. The number of sulfonamides is 1. The van der Waals surface area contributed by atoms with Gasteiger partial charge in [0, 0.05) is 6.54 Å². The van der Waals surface area contributed by atoms with E-state index >= 15 is 0 Å². The SMILES string of the molecule is CCOC(=O)C1CCCCN1S(=O)(=O)c1ccc(C(F)(F)F)cc1. The molecule has 0 bridgehead atoms. The number of piperidine rings is 1. The number of carbonyl (C=O) groups excluding carboxylic acids is 1. The zero-order chi connectivity index (χ0) is 18.0. The van der Waals surface area contributed by atoms with Crippen LogP contribution in [0.15, 0.2) is 29.2 Å². The molecule has 2 rings (SSSR count). The Hall–Kier alpha value is -1.61. The van der Waals surface area contributed by atoms with Crippen molar-refractivity contribution in [3.05, 3.63) is 29.8 Å². The first kappa shape index (κ1) is 18.7. The van der Waals surface area contributed by atoms with E-state index < -0.39 is 33.8 Å². The number of ether oxygens (including phenoxy) is 1. The number of esters is 1. The fourth-order valence-electron chi connectivity index (χ4n) is 2.62. The molecule has 1 aliphatic heterocycles. The number of halogens is 3. The van der Waals surface area contributed by atoms with Crippen LogP contribution in [0.1, 0.15) is 31.7 Å². The molecule has 1 unspecified atom stereocenters. The minimum Gasteiger partial charge on any atom is -0.465 e. The summed E-state index contributed by atoms with van der Waals surface area (Å²) in [5.41, 5.74) is -0.929. The summed E-state index contributed by atoms with van der Waals surface area (Å²) in [4.78, 5) is 11.7. The number of nitrogens with zero attached hydrogens (tertiary/aromatic N) is 1. The molecule has 9 heteroatoms. The second-order valence-electron chi connectivity index (χ2n) is 5.40. The van der Waals surface area contributed by atoms with E-state index in [4.69, 9.17) is 4.74 Å². The molecule has 134 valence electrons. The summed E-state index contributed by atoms with van der Waals surface area (Å²) in [7, 11) is -4.07. The molecule has 1 fully saturated rings. The maximum Gasteiger partial charge on any atom is 0.416 e. The summed E-state index contributed by atoms with van der Waals surface area (Å²) in [5, 5.41) is 0. The standard InChI is InChI=1S/C15H18F3NO4S/c1-2-23-14(20)13-5-3-4-10-19(13)24(21,22)12-8-6-11(7-9-12)15(16,17)18/h6-9,13H,2-5,10H2,1H3. The van der Waals surface area contributed by atoms with Crippen molar-refractivity contribution in [1.29, 1.82) is 0 Å². The largest absolute Gasteiger partial charge is 0.465 e. The minimum atomic E-state index is -4.54. The van der Waals surface area contributed by atoms with Crippen molar-refractivity contribution >= 4 is 16.0 Å². The van der Waals surface area contributed by atoms with Crippen molar-refractivity contribution in [2.24, 2.45) is 0 Å². The normalized spacial score (nSPS) is 19.9. The summed E-state index contributed by atoms with van der Waals surface area (Å²) in [6.07, 6.45) is -2.95. The predicted molar refractivity (Wildman–Crippen MR) is 79.6 cm³/mol.